The van der Waals surface area contributed by atoms with Crippen LogP contribution in [0.4, 0.5) is 5.82 Å². The van der Waals surface area contributed by atoms with E-state index in [1.165, 1.54) is 5.56 Å². The van der Waals surface area contributed by atoms with Gasteiger partial charge in [-0.05, 0) is 36.1 Å². The van der Waals surface area contributed by atoms with E-state index in [4.69, 9.17) is 10.5 Å². The summed E-state index contributed by atoms with van der Waals surface area (Å²) in [7, 11) is 1.71. The number of aryl methyl sites for hydroxylation is 1. The largest absolute Gasteiger partial charge is 0.496 e. The highest BCUT2D eigenvalue weighted by Crippen LogP contribution is 2.35. The van der Waals surface area contributed by atoms with Gasteiger partial charge in [0, 0.05) is 10.9 Å². The summed E-state index contributed by atoms with van der Waals surface area (Å²) >= 11 is 1.57. The molecule has 0 unspecified atom stereocenters. The Morgan fingerprint density at radius 1 is 1.33 bits per heavy atom. The number of hydrogen-bond acceptors (Lipinski definition) is 4. The average Bonchev–Trinajstić information content (AvgIpc) is 2.74. The van der Waals surface area contributed by atoms with Gasteiger partial charge in [0.25, 0.3) is 0 Å². The molecule has 4 heteroatoms. The van der Waals surface area contributed by atoms with Crippen molar-refractivity contribution in [3.63, 3.8) is 0 Å². The summed E-state index contributed by atoms with van der Waals surface area (Å²) in [4.78, 5) is 4.35. The van der Waals surface area contributed by atoms with Gasteiger partial charge in [-0.2, -0.15) is 0 Å². The van der Waals surface area contributed by atoms with E-state index in [-0.39, 0.29) is 0 Å². The Morgan fingerprint density at radius 2 is 2.06 bits per heavy atom. The zero-order valence-corrected chi connectivity index (χ0v) is 12.0. The third-order valence-corrected chi connectivity index (χ3v) is 3.84. The number of hydrogen-bond donors (Lipinski definition) is 1. The average molecular weight is 262 g/mol. The highest BCUT2D eigenvalue weighted by atomic mass is 32.1. The summed E-state index contributed by atoms with van der Waals surface area (Å²) in [6.07, 6.45) is 0. The maximum absolute atomic E-state index is 5.69. The van der Waals surface area contributed by atoms with E-state index in [1.54, 1.807) is 18.4 Å². The van der Waals surface area contributed by atoms with Crippen molar-refractivity contribution in [2.45, 2.75) is 26.7 Å². The van der Waals surface area contributed by atoms with Gasteiger partial charge in [-0.15, -0.1) is 11.3 Å². The number of benzene rings is 1. The Balaban J connectivity index is 2.58. The van der Waals surface area contributed by atoms with Crippen molar-refractivity contribution in [3.05, 3.63) is 28.6 Å². The Labute approximate surface area is 112 Å². The maximum atomic E-state index is 5.69. The molecule has 0 saturated heterocycles. The number of nitrogens with two attached hydrogens (primary N) is 1. The fourth-order valence-electron chi connectivity index (χ4n) is 1.97. The summed E-state index contributed by atoms with van der Waals surface area (Å²) in [5.41, 5.74) is 9.19. The molecule has 0 spiro atoms. The standard InChI is InChI=1S/C14H18N2OS/c1-8(2)10-6-11(9(3)5-12(10)17-4)14-16-13(15)7-18-14/h5-8H,15H2,1-4H3. The fourth-order valence-corrected chi connectivity index (χ4v) is 2.76. The normalized spacial score (nSPS) is 10.9. The van der Waals surface area contributed by atoms with Crippen LogP contribution in [0.15, 0.2) is 17.5 Å². The van der Waals surface area contributed by atoms with Crippen LogP contribution >= 0.6 is 11.3 Å². The van der Waals surface area contributed by atoms with Crippen molar-refractivity contribution in [3.8, 4) is 16.3 Å². The Bertz CT molecular complexity index is 561. The zero-order chi connectivity index (χ0) is 13.3. The molecule has 1 heterocycles. The molecule has 2 aromatic rings. The maximum Gasteiger partial charge on any atom is 0.135 e. The molecule has 0 aliphatic heterocycles. The van der Waals surface area contributed by atoms with E-state index in [0.29, 0.717) is 11.7 Å². The van der Waals surface area contributed by atoms with Gasteiger partial charge >= 0.3 is 0 Å². The van der Waals surface area contributed by atoms with Crippen LogP contribution in [0.2, 0.25) is 0 Å². The lowest BCUT2D eigenvalue weighted by Crippen LogP contribution is -1.97. The summed E-state index contributed by atoms with van der Waals surface area (Å²) in [6, 6.07) is 4.24. The minimum absolute atomic E-state index is 0.414. The topological polar surface area (TPSA) is 48.1 Å². The predicted molar refractivity (Wildman–Crippen MR) is 77.3 cm³/mol. The van der Waals surface area contributed by atoms with E-state index >= 15 is 0 Å². The molecule has 18 heavy (non-hydrogen) atoms. The number of aromatic nitrogens is 1. The van der Waals surface area contributed by atoms with Gasteiger partial charge in [-0.25, -0.2) is 4.98 Å². The van der Waals surface area contributed by atoms with Crippen LogP contribution in [0, 0.1) is 6.92 Å². The van der Waals surface area contributed by atoms with Crippen molar-refractivity contribution in [1.29, 1.82) is 0 Å². The molecule has 0 atom stereocenters. The van der Waals surface area contributed by atoms with Crippen molar-refractivity contribution >= 4 is 17.2 Å². The van der Waals surface area contributed by atoms with Gasteiger partial charge in [-0.1, -0.05) is 13.8 Å². The molecular weight excluding hydrogens is 244 g/mol. The molecule has 0 aliphatic rings. The molecular formula is C14H18N2OS. The summed E-state index contributed by atoms with van der Waals surface area (Å²) in [5.74, 6) is 1.93. The van der Waals surface area contributed by atoms with Gasteiger partial charge < -0.3 is 10.5 Å². The monoisotopic (exact) mass is 262 g/mol. The smallest absolute Gasteiger partial charge is 0.135 e. The molecule has 2 rings (SSSR count). The number of thiazole rings is 1. The number of rotatable bonds is 3. The highest BCUT2D eigenvalue weighted by molar-refractivity contribution is 7.13. The van der Waals surface area contributed by atoms with Crippen LogP contribution in [0.3, 0.4) is 0 Å². The quantitative estimate of drug-likeness (QED) is 0.914. The van der Waals surface area contributed by atoms with E-state index in [2.05, 4.69) is 37.9 Å². The van der Waals surface area contributed by atoms with Crippen LogP contribution in [-0.4, -0.2) is 12.1 Å². The highest BCUT2D eigenvalue weighted by Gasteiger charge is 2.14. The second-order valence-corrected chi connectivity index (χ2v) is 5.50. The second-order valence-electron chi connectivity index (χ2n) is 4.64. The zero-order valence-electron chi connectivity index (χ0n) is 11.2. The molecule has 2 N–H and O–H groups in total. The second kappa shape index (κ2) is 4.98. The summed E-state index contributed by atoms with van der Waals surface area (Å²) in [5, 5.41) is 2.84. The lowest BCUT2D eigenvalue weighted by atomic mass is 9.96. The molecule has 0 amide bonds. The third-order valence-electron chi connectivity index (χ3n) is 2.95. The van der Waals surface area contributed by atoms with Crippen molar-refractivity contribution in [2.24, 2.45) is 0 Å². The lowest BCUT2D eigenvalue weighted by molar-refractivity contribution is 0.407. The molecule has 1 aromatic heterocycles. The first-order valence-electron chi connectivity index (χ1n) is 5.92. The van der Waals surface area contributed by atoms with E-state index in [9.17, 15) is 0 Å². The first kappa shape index (κ1) is 12.9. The van der Waals surface area contributed by atoms with Crippen LogP contribution in [-0.2, 0) is 0 Å². The number of ether oxygens (including phenoxy) is 1. The molecule has 0 bridgehead atoms. The predicted octanol–water partition coefficient (Wildman–Crippen LogP) is 3.83. The number of nitrogen functional groups attached to an aromatic ring is 1. The van der Waals surface area contributed by atoms with Crippen LogP contribution in [0.1, 0.15) is 30.9 Å². The Hall–Kier alpha value is -1.55. The first-order valence-corrected chi connectivity index (χ1v) is 6.80. The van der Waals surface area contributed by atoms with E-state index in [0.717, 1.165) is 21.9 Å². The van der Waals surface area contributed by atoms with Gasteiger partial charge in [0.05, 0.1) is 7.11 Å². The number of methoxy groups -OCH3 is 1. The number of nitrogens with zero attached hydrogens (tertiary/aromatic N) is 1. The Kier molecular flexibility index (Phi) is 3.57. The molecule has 0 aliphatic carbocycles. The summed E-state index contributed by atoms with van der Waals surface area (Å²) < 4.78 is 5.44. The minimum atomic E-state index is 0.414. The molecule has 96 valence electrons. The van der Waals surface area contributed by atoms with Crippen molar-refractivity contribution < 1.29 is 4.74 Å². The van der Waals surface area contributed by atoms with Gasteiger partial charge in [0.2, 0.25) is 0 Å². The first-order chi connectivity index (χ1) is 8.52. The summed E-state index contributed by atoms with van der Waals surface area (Å²) in [6.45, 7) is 6.39. The molecule has 1 aromatic carbocycles. The van der Waals surface area contributed by atoms with E-state index < -0.39 is 0 Å². The third kappa shape index (κ3) is 2.34. The molecule has 0 saturated carbocycles. The Morgan fingerprint density at radius 3 is 2.56 bits per heavy atom. The SMILES string of the molecule is COc1cc(C)c(-c2nc(N)cs2)cc1C(C)C. The van der Waals surface area contributed by atoms with Crippen LogP contribution < -0.4 is 10.5 Å². The van der Waals surface area contributed by atoms with Crippen molar-refractivity contribution in [2.75, 3.05) is 12.8 Å². The minimum Gasteiger partial charge on any atom is -0.496 e. The van der Waals surface area contributed by atoms with Crippen LogP contribution in [0.5, 0.6) is 5.75 Å². The molecule has 0 radical (unpaired) electrons. The molecule has 3 nitrogen and oxygen atoms in total. The van der Waals surface area contributed by atoms with Gasteiger partial charge in [0.15, 0.2) is 0 Å². The van der Waals surface area contributed by atoms with Gasteiger partial charge in [0.1, 0.15) is 16.6 Å². The van der Waals surface area contributed by atoms with E-state index in [1.807, 2.05) is 5.38 Å². The van der Waals surface area contributed by atoms with Crippen molar-refractivity contribution in [1.82, 2.24) is 4.98 Å². The number of anilines is 1. The lowest BCUT2D eigenvalue weighted by Gasteiger charge is -2.15. The van der Waals surface area contributed by atoms with Gasteiger partial charge in [-0.3, -0.25) is 0 Å². The van der Waals surface area contributed by atoms with Crippen LogP contribution in [0.25, 0.3) is 10.6 Å². The molecule has 0 fully saturated rings. The fraction of sp³-hybridized carbons (Fsp3) is 0.357.